The molecule has 1 heterocycles. The molecule has 5 nitrogen and oxygen atoms in total. The number of carbonyl (C=O) groups is 1. The van der Waals surface area contributed by atoms with E-state index in [2.05, 4.69) is 0 Å². The average Bonchev–Trinajstić information content (AvgIpc) is 2.98. The third kappa shape index (κ3) is 2.29. The number of carbonyl (C=O) groups excluding carboxylic acids is 1. The predicted molar refractivity (Wildman–Crippen MR) is 82.9 cm³/mol. The standard InChI is InChI=1S/C16H12FNO4S/c1-22-16-13(10-19)12-7-8-18(15(12)9-14(16)17)23(20,21)11-5-3-2-4-6-11/h2-10H,1H3. The van der Waals surface area contributed by atoms with Gasteiger partial charge in [-0.3, -0.25) is 4.79 Å². The van der Waals surface area contributed by atoms with E-state index in [0.29, 0.717) is 11.7 Å². The summed E-state index contributed by atoms with van der Waals surface area (Å²) in [6, 6.07) is 10.3. The van der Waals surface area contributed by atoms with Crippen molar-refractivity contribution in [3.8, 4) is 5.75 Å². The Kier molecular flexibility index (Phi) is 3.65. The first-order valence-corrected chi connectivity index (χ1v) is 8.08. The van der Waals surface area contributed by atoms with Crippen LogP contribution in [0.5, 0.6) is 5.75 Å². The summed E-state index contributed by atoms with van der Waals surface area (Å²) in [4.78, 5) is 11.3. The highest BCUT2D eigenvalue weighted by molar-refractivity contribution is 7.90. The lowest BCUT2D eigenvalue weighted by Crippen LogP contribution is -2.12. The number of benzene rings is 2. The molecule has 0 radical (unpaired) electrons. The van der Waals surface area contributed by atoms with Crippen molar-refractivity contribution in [2.45, 2.75) is 4.90 Å². The van der Waals surface area contributed by atoms with Gasteiger partial charge in [0.2, 0.25) is 0 Å². The molecule has 2 aromatic carbocycles. The van der Waals surface area contributed by atoms with E-state index in [-0.39, 0.29) is 21.7 Å². The van der Waals surface area contributed by atoms with Crippen molar-refractivity contribution in [1.29, 1.82) is 0 Å². The number of hydrogen-bond donors (Lipinski definition) is 0. The lowest BCUT2D eigenvalue weighted by molar-refractivity contribution is 0.112. The second-order valence-corrected chi connectivity index (χ2v) is 6.60. The van der Waals surface area contributed by atoms with Crippen LogP contribution in [0.15, 0.2) is 53.6 Å². The minimum absolute atomic E-state index is 0.0236. The van der Waals surface area contributed by atoms with Crippen LogP contribution >= 0.6 is 0 Å². The average molecular weight is 333 g/mol. The largest absolute Gasteiger partial charge is 0.493 e. The molecule has 7 heteroatoms. The van der Waals surface area contributed by atoms with Crippen molar-refractivity contribution in [3.63, 3.8) is 0 Å². The van der Waals surface area contributed by atoms with Crippen molar-refractivity contribution in [2.75, 3.05) is 7.11 Å². The number of aldehydes is 1. The number of ether oxygens (including phenoxy) is 1. The van der Waals surface area contributed by atoms with Crippen LogP contribution in [0.1, 0.15) is 10.4 Å². The molecule has 0 amide bonds. The summed E-state index contributed by atoms with van der Waals surface area (Å²) < 4.78 is 45.4. The molecule has 0 unspecified atom stereocenters. The number of nitrogens with zero attached hydrogens (tertiary/aromatic N) is 1. The monoisotopic (exact) mass is 333 g/mol. The quantitative estimate of drug-likeness (QED) is 0.689. The van der Waals surface area contributed by atoms with Gasteiger partial charge in [-0.15, -0.1) is 0 Å². The second-order valence-electron chi connectivity index (χ2n) is 4.79. The Labute approximate surface area is 132 Å². The smallest absolute Gasteiger partial charge is 0.268 e. The van der Waals surface area contributed by atoms with E-state index in [1.165, 1.54) is 31.5 Å². The van der Waals surface area contributed by atoms with Gasteiger partial charge in [-0.1, -0.05) is 18.2 Å². The summed E-state index contributed by atoms with van der Waals surface area (Å²) in [5.74, 6) is -1.01. The first-order chi connectivity index (χ1) is 11.0. The normalized spacial score (nSPS) is 11.6. The van der Waals surface area contributed by atoms with Gasteiger partial charge in [-0.2, -0.15) is 0 Å². The lowest BCUT2D eigenvalue weighted by Gasteiger charge is -2.10. The first-order valence-electron chi connectivity index (χ1n) is 6.64. The zero-order valence-electron chi connectivity index (χ0n) is 12.1. The molecule has 0 aliphatic heterocycles. The minimum Gasteiger partial charge on any atom is -0.493 e. The molecule has 3 aromatic rings. The zero-order valence-corrected chi connectivity index (χ0v) is 12.9. The van der Waals surface area contributed by atoms with Crippen LogP contribution < -0.4 is 4.74 Å². The second kappa shape index (κ2) is 5.51. The molecule has 0 bridgehead atoms. The molecule has 23 heavy (non-hydrogen) atoms. The predicted octanol–water partition coefficient (Wildman–Crippen LogP) is 2.84. The Morgan fingerprint density at radius 2 is 1.87 bits per heavy atom. The van der Waals surface area contributed by atoms with Gasteiger partial charge < -0.3 is 4.74 Å². The fraction of sp³-hybridized carbons (Fsp3) is 0.0625. The molecule has 0 aliphatic carbocycles. The van der Waals surface area contributed by atoms with Crippen LogP contribution in [0.3, 0.4) is 0 Å². The Morgan fingerprint density at radius 1 is 1.17 bits per heavy atom. The fourth-order valence-corrected chi connectivity index (χ4v) is 3.83. The minimum atomic E-state index is -3.89. The van der Waals surface area contributed by atoms with E-state index in [0.717, 1.165) is 10.0 Å². The highest BCUT2D eigenvalue weighted by Gasteiger charge is 2.22. The van der Waals surface area contributed by atoms with Gasteiger partial charge in [0.1, 0.15) is 0 Å². The number of halogens is 1. The molecular weight excluding hydrogens is 321 g/mol. The number of fused-ring (bicyclic) bond motifs is 1. The van der Waals surface area contributed by atoms with Gasteiger partial charge in [-0.25, -0.2) is 16.8 Å². The van der Waals surface area contributed by atoms with E-state index >= 15 is 0 Å². The summed E-state index contributed by atoms with van der Waals surface area (Å²) in [6.45, 7) is 0. The van der Waals surface area contributed by atoms with Gasteiger partial charge in [0.05, 0.1) is 23.1 Å². The molecule has 118 valence electrons. The third-order valence-electron chi connectivity index (χ3n) is 3.53. The van der Waals surface area contributed by atoms with E-state index in [1.54, 1.807) is 18.2 Å². The number of aromatic nitrogens is 1. The maximum Gasteiger partial charge on any atom is 0.268 e. The van der Waals surface area contributed by atoms with Crippen molar-refractivity contribution in [1.82, 2.24) is 3.97 Å². The molecule has 0 aliphatic rings. The first kappa shape index (κ1) is 15.2. The molecule has 0 spiro atoms. The SMILES string of the molecule is COc1c(F)cc2c(ccn2S(=O)(=O)c2ccccc2)c1C=O. The number of rotatable bonds is 4. The Balaban J connectivity index is 2.33. The molecule has 0 fully saturated rings. The van der Waals surface area contributed by atoms with Crippen LogP contribution in [-0.2, 0) is 10.0 Å². The Morgan fingerprint density at radius 3 is 2.48 bits per heavy atom. The molecule has 0 atom stereocenters. The van der Waals surface area contributed by atoms with E-state index in [1.807, 2.05) is 0 Å². The third-order valence-corrected chi connectivity index (χ3v) is 5.23. The maximum atomic E-state index is 14.1. The number of hydrogen-bond acceptors (Lipinski definition) is 4. The fourth-order valence-electron chi connectivity index (χ4n) is 2.47. The Hall–Kier alpha value is -2.67. The van der Waals surface area contributed by atoms with E-state index in [4.69, 9.17) is 4.74 Å². The van der Waals surface area contributed by atoms with Gasteiger partial charge in [0.25, 0.3) is 10.0 Å². The Bertz CT molecular complexity index is 994. The van der Waals surface area contributed by atoms with E-state index < -0.39 is 15.8 Å². The van der Waals surface area contributed by atoms with E-state index in [9.17, 15) is 17.6 Å². The van der Waals surface area contributed by atoms with Gasteiger partial charge in [0, 0.05) is 17.6 Å². The maximum absolute atomic E-state index is 14.1. The topological polar surface area (TPSA) is 65.4 Å². The van der Waals surface area contributed by atoms with Crippen LogP contribution in [0.25, 0.3) is 10.9 Å². The summed E-state index contributed by atoms with van der Waals surface area (Å²) in [5.41, 5.74) is 0.0544. The van der Waals surface area contributed by atoms with Crippen molar-refractivity contribution >= 4 is 27.2 Å². The summed E-state index contributed by atoms with van der Waals surface area (Å²) in [5, 5.41) is 0.303. The molecule has 0 saturated carbocycles. The summed E-state index contributed by atoms with van der Waals surface area (Å²) >= 11 is 0. The van der Waals surface area contributed by atoms with Gasteiger partial charge >= 0.3 is 0 Å². The highest BCUT2D eigenvalue weighted by Crippen LogP contribution is 2.32. The summed E-state index contributed by atoms with van der Waals surface area (Å²) in [7, 11) is -2.65. The molecular formula is C16H12FNO4S. The highest BCUT2D eigenvalue weighted by atomic mass is 32.2. The molecule has 0 N–H and O–H groups in total. The lowest BCUT2D eigenvalue weighted by atomic mass is 10.1. The van der Waals surface area contributed by atoms with Crippen LogP contribution in [0, 0.1) is 5.82 Å². The molecule has 1 aromatic heterocycles. The van der Waals surface area contributed by atoms with Crippen LogP contribution in [-0.4, -0.2) is 25.8 Å². The van der Waals surface area contributed by atoms with Gasteiger partial charge in [-0.05, 0) is 18.2 Å². The summed E-state index contributed by atoms with van der Waals surface area (Å²) in [6.07, 6.45) is 1.74. The molecule has 0 saturated heterocycles. The zero-order chi connectivity index (χ0) is 16.6. The van der Waals surface area contributed by atoms with Crippen molar-refractivity contribution < 1.29 is 22.3 Å². The van der Waals surface area contributed by atoms with Gasteiger partial charge in [0.15, 0.2) is 17.9 Å². The number of methoxy groups -OCH3 is 1. The van der Waals surface area contributed by atoms with Crippen molar-refractivity contribution in [2.24, 2.45) is 0 Å². The molecule has 3 rings (SSSR count). The van der Waals surface area contributed by atoms with Crippen LogP contribution in [0.2, 0.25) is 0 Å². The van der Waals surface area contributed by atoms with Crippen LogP contribution in [0.4, 0.5) is 4.39 Å². The van der Waals surface area contributed by atoms with Crippen molar-refractivity contribution in [3.05, 3.63) is 60.0 Å².